The number of benzene rings is 2. The summed E-state index contributed by atoms with van der Waals surface area (Å²) in [7, 11) is 0. The molecule has 0 fully saturated rings. The van der Waals surface area contributed by atoms with Gasteiger partial charge in [-0.1, -0.05) is 44.2 Å². The van der Waals surface area contributed by atoms with Crippen molar-refractivity contribution in [2.24, 2.45) is 0 Å². The molecule has 3 aromatic rings. The van der Waals surface area contributed by atoms with Crippen molar-refractivity contribution in [3.63, 3.8) is 0 Å². The minimum atomic E-state index is -1.08. The fourth-order valence-electron chi connectivity index (χ4n) is 4.06. The Hall–Kier alpha value is -3.05. The monoisotopic (exact) mass is 408 g/mol. The number of carboxylic acids is 1. The molecular formula is C23H21ClN2O3. The first-order valence-electron chi connectivity index (χ1n) is 9.34. The standard InChI is InChI=1S/C23H21ClN2O3/c1-23(2)13-26(21(27)15-7-5-6-14(10-15)11-24)12-17(22(28)29)20-19(23)16-8-3-4-9-18(16)25-20/h3-10,12,25H,11,13H2,1-2H3,(H,28,29). The van der Waals surface area contributed by atoms with Gasteiger partial charge in [0.2, 0.25) is 0 Å². The average Bonchev–Trinajstić information content (AvgIpc) is 3.05. The van der Waals surface area contributed by atoms with E-state index < -0.39 is 11.4 Å². The van der Waals surface area contributed by atoms with Gasteiger partial charge in [-0.15, -0.1) is 11.6 Å². The number of nitrogens with one attached hydrogen (secondary N) is 1. The summed E-state index contributed by atoms with van der Waals surface area (Å²) in [4.78, 5) is 30.1. The lowest BCUT2D eigenvalue weighted by Gasteiger charge is -2.29. The Kier molecular flexibility index (Phi) is 4.71. The van der Waals surface area contributed by atoms with E-state index in [4.69, 9.17) is 11.6 Å². The van der Waals surface area contributed by atoms with Gasteiger partial charge in [0.05, 0.1) is 11.3 Å². The number of para-hydroxylation sites is 1. The maximum atomic E-state index is 13.2. The third-order valence-corrected chi connectivity index (χ3v) is 5.63. The number of aromatic amines is 1. The van der Waals surface area contributed by atoms with Crippen molar-refractivity contribution >= 4 is 40.0 Å². The van der Waals surface area contributed by atoms with Crippen molar-refractivity contribution < 1.29 is 14.7 Å². The summed E-state index contributed by atoms with van der Waals surface area (Å²) in [6.07, 6.45) is 1.45. The van der Waals surface area contributed by atoms with Crippen LogP contribution in [-0.2, 0) is 16.1 Å². The van der Waals surface area contributed by atoms with E-state index in [9.17, 15) is 14.7 Å². The van der Waals surface area contributed by atoms with Crippen LogP contribution < -0.4 is 0 Å². The van der Waals surface area contributed by atoms with Crippen LogP contribution in [0.3, 0.4) is 0 Å². The second-order valence-electron chi connectivity index (χ2n) is 7.92. The van der Waals surface area contributed by atoms with Gasteiger partial charge in [-0.3, -0.25) is 4.79 Å². The van der Waals surface area contributed by atoms with Crippen molar-refractivity contribution in [2.45, 2.75) is 25.1 Å². The van der Waals surface area contributed by atoms with E-state index in [2.05, 4.69) is 4.98 Å². The van der Waals surface area contributed by atoms with Crippen LogP contribution >= 0.6 is 11.6 Å². The van der Waals surface area contributed by atoms with Crippen LogP contribution in [0.5, 0.6) is 0 Å². The first-order chi connectivity index (χ1) is 13.8. The van der Waals surface area contributed by atoms with Gasteiger partial charge in [-0.05, 0) is 29.3 Å². The molecule has 2 N–H and O–H groups in total. The quantitative estimate of drug-likeness (QED) is 0.613. The summed E-state index contributed by atoms with van der Waals surface area (Å²) < 4.78 is 0. The number of hydrogen-bond donors (Lipinski definition) is 2. The number of alkyl halides is 1. The highest BCUT2D eigenvalue weighted by Gasteiger charge is 2.37. The summed E-state index contributed by atoms with van der Waals surface area (Å²) in [5, 5.41) is 10.9. The molecular weight excluding hydrogens is 388 g/mol. The molecule has 0 radical (unpaired) electrons. The molecule has 0 atom stereocenters. The minimum Gasteiger partial charge on any atom is -0.478 e. The number of H-pyrrole nitrogens is 1. The maximum Gasteiger partial charge on any atom is 0.339 e. The van der Waals surface area contributed by atoms with E-state index >= 15 is 0 Å². The smallest absolute Gasteiger partial charge is 0.339 e. The van der Waals surface area contributed by atoms with Gasteiger partial charge in [0.25, 0.3) is 5.91 Å². The normalized spacial score (nSPS) is 15.6. The average molecular weight is 409 g/mol. The number of rotatable bonds is 3. The summed E-state index contributed by atoms with van der Waals surface area (Å²) >= 11 is 5.91. The number of carboxylic acid groups (broad SMARTS) is 1. The molecule has 1 aliphatic heterocycles. The fraction of sp³-hybridized carbons (Fsp3) is 0.217. The molecule has 2 aromatic carbocycles. The Morgan fingerprint density at radius 1 is 1.17 bits per heavy atom. The largest absolute Gasteiger partial charge is 0.478 e. The topological polar surface area (TPSA) is 73.4 Å². The van der Waals surface area contributed by atoms with E-state index in [1.165, 1.54) is 11.1 Å². The first-order valence-corrected chi connectivity index (χ1v) is 9.88. The summed E-state index contributed by atoms with van der Waals surface area (Å²) in [6.45, 7) is 4.41. The van der Waals surface area contributed by atoms with Gasteiger partial charge in [0, 0.05) is 40.5 Å². The molecule has 29 heavy (non-hydrogen) atoms. The van der Waals surface area contributed by atoms with E-state index in [0.717, 1.165) is 22.0 Å². The first kappa shape index (κ1) is 19.3. The third-order valence-electron chi connectivity index (χ3n) is 5.32. The van der Waals surface area contributed by atoms with Gasteiger partial charge in [0.15, 0.2) is 0 Å². The van der Waals surface area contributed by atoms with Crippen LogP contribution in [0.1, 0.15) is 41.0 Å². The molecule has 5 nitrogen and oxygen atoms in total. The zero-order chi connectivity index (χ0) is 20.8. The van der Waals surface area contributed by atoms with Crippen LogP contribution in [0.4, 0.5) is 0 Å². The van der Waals surface area contributed by atoms with E-state index in [0.29, 0.717) is 23.7 Å². The summed E-state index contributed by atoms with van der Waals surface area (Å²) in [5.41, 5.74) is 3.26. The molecule has 0 spiro atoms. The lowest BCUT2D eigenvalue weighted by atomic mass is 9.81. The number of halogens is 1. The Labute approximate surface area is 173 Å². The molecule has 1 aromatic heterocycles. The number of aromatic nitrogens is 1. The number of amides is 1. The van der Waals surface area contributed by atoms with Crippen LogP contribution in [0.2, 0.25) is 0 Å². The molecule has 0 bridgehead atoms. The fourth-order valence-corrected chi connectivity index (χ4v) is 4.23. The highest BCUT2D eigenvalue weighted by molar-refractivity contribution is 6.18. The number of aliphatic carboxylic acids is 1. The second kappa shape index (κ2) is 7.08. The van der Waals surface area contributed by atoms with Gasteiger partial charge >= 0.3 is 5.97 Å². The Morgan fingerprint density at radius 3 is 2.66 bits per heavy atom. The van der Waals surface area contributed by atoms with Crippen molar-refractivity contribution in [3.05, 3.63) is 77.1 Å². The van der Waals surface area contributed by atoms with Crippen molar-refractivity contribution in [1.29, 1.82) is 0 Å². The highest BCUT2D eigenvalue weighted by Crippen LogP contribution is 2.40. The van der Waals surface area contributed by atoms with Crippen molar-refractivity contribution in [1.82, 2.24) is 9.88 Å². The van der Waals surface area contributed by atoms with Crippen LogP contribution in [0, 0.1) is 0 Å². The number of hydrogen-bond acceptors (Lipinski definition) is 2. The van der Waals surface area contributed by atoms with E-state index in [1.807, 2.05) is 44.2 Å². The Bertz CT molecular complexity index is 1160. The highest BCUT2D eigenvalue weighted by atomic mass is 35.5. The lowest BCUT2D eigenvalue weighted by Crippen LogP contribution is -2.37. The number of fused-ring (bicyclic) bond motifs is 3. The molecule has 1 amide bonds. The second-order valence-corrected chi connectivity index (χ2v) is 8.19. The Morgan fingerprint density at radius 2 is 1.93 bits per heavy atom. The van der Waals surface area contributed by atoms with Crippen molar-refractivity contribution in [2.75, 3.05) is 6.54 Å². The molecule has 2 heterocycles. The third kappa shape index (κ3) is 3.32. The molecule has 0 saturated heterocycles. The summed E-state index contributed by atoms with van der Waals surface area (Å²) in [6, 6.07) is 14.9. The van der Waals surface area contributed by atoms with Crippen LogP contribution in [0.15, 0.2) is 54.7 Å². The molecule has 6 heteroatoms. The van der Waals surface area contributed by atoms with E-state index in [1.54, 1.807) is 18.2 Å². The number of carbonyl (C=O) groups excluding carboxylic acids is 1. The van der Waals surface area contributed by atoms with Crippen molar-refractivity contribution in [3.8, 4) is 0 Å². The molecule has 4 rings (SSSR count). The van der Waals surface area contributed by atoms with Gasteiger partial charge in [-0.25, -0.2) is 4.79 Å². The zero-order valence-corrected chi connectivity index (χ0v) is 17.0. The lowest BCUT2D eigenvalue weighted by molar-refractivity contribution is -0.130. The predicted octanol–water partition coefficient (Wildman–Crippen LogP) is 4.77. The molecule has 0 saturated carbocycles. The van der Waals surface area contributed by atoms with Gasteiger partial charge in [0.1, 0.15) is 0 Å². The SMILES string of the molecule is CC1(C)CN(C(=O)c2cccc(CCl)c2)C=C(C(=O)O)c2[nH]c3ccccc3c21. The Balaban J connectivity index is 1.87. The molecule has 0 unspecified atom stereocenters. The zero-order valence-electron chi connectivity index (χ0n) is 16.2. The van der Waals surface area contributed by atoms with Gasteiger partial charge < -0.3 is 15.0 Å². The number of nitrogens with zero attached hydrogens (tertiary/aromatic N) is 1. The molecule has 1 aliphatic rings. The van der Waals surface area contributed by atoms with E-state index in [-0.39, 0.29) is 11.5 Å². The van der Waals surface area contributed by atoms with Gasteiger partial charge in [-0.2, -0.15) is 0 Å². The predicted molar refractivity (Wildman–Crippen MR) is 114 cm³/mol. The molecule has 0 aliphatic carbocycles. The van der Waals surface area contributed by atoms with Crippen LogP contribution in [0.25, 0.3) is 16.5 Å². The maximum absolute atomic E-state index is 13.2. The minimum absolute atomic E-state index is 0.0728. The number of carbonyl (C=O) groups is 2. The van der Waals surface area contributed by atoms with Crippen LogP contribution in [-0.4, -0.2) is 33.4 Å². The summed E-state index contributed by atoms with van der Waals surface area (Å²) in [5.74, 6) is -1.03. The molecule has 148 valence electrons.